The molecule has 0 aliphatic heterocycles. The SMILES string of the molecule is CCCC(O)c1cc(F)ccc1OCC(O)CNC(C)(C)C. The summed E-state index contributed by atoms with van der Waals surface area (Å²) >= 11 is 0. The maximum Gasteiger partial charge on any atom is 0.125 e. The summed E-state index contributed by atoms with van der Waals surface area (Å²) in [6.07, 6.45) is -0.121. The van der Waals surface area contributed by atoms with Crippen molar-refractivity contribution in [1.29, 1.82) is 0 Å². The second-order valence-electron chi connectivity index (χ2n) is 6.58. The average molecular weight is 313 g/mol. The smallest absolute Gasteiger partial charge is 0.125 e. The van der Waals surface area contributed by atoms with Crippen LogP contribution in [-0.4, -0.2) is 35.0 Å². The van der Waals surface area contributed by atoms with Crippen molar-refractivity contribution in [2.75, 3.05) is 13.2 Å². The topological polar surface area (TPSA) is 61.7 Å². The predicted molar refractivity (Wildman–Crippen MR) is 85.5 cm³/mol. The van der Waals surface area contributed by atoms with Crippen molar-refractivity contribution >= 4 is 0 Å². The molecule has 0 saturated carbocycles. The van der Waals surface area contributed by atoms with Gasteiger partial charge in [-0.05, 0) is 45.4 Å². The highest BCUT2D eigenvalue weighted by molar-refractivity contribution is 5.35. The zero-order valence-corrected chi connectivity index (χ0v) is 13.9. The van der Waals surface area contributed by atoms with E-state index >= 15 is 0 Å². The third-order valence-electron chi connectivity index (χ3n) is 3.19. The standard InChI is InChI=1S/C17H28FNO3/c1-5-6-15(21)14-9-12(18)7-8-16(14)22-11-13(20)10-19-17(2,3)4/h7-9,13,15,19-21H,5-6,10-11H2,1-4H3. The lowest BCUT2D eigenvalue weighted by molar-refractivity contribution is 0.0959. The lowest BCUT2D eigenvalue weighted by atomic mass is 10.0. The molecular formula is C17H28FNO3. The van der Waals surface area contributed by atoms with Crippen LogP contribution in [0.1, 0.15) is 52.2 Å². The van der Waals surface area contributed by atoms with E-state index in [1.165, 1.54) is 18.2 Å². The van der Waals surface area contributed by atoms with Crippen molar-refractivity contribution in [1.82, 2.24) is 5.32 Å². The molecule has 3 N–H and O–H groups in total. The van der Waals surface area contributed by atoms with Crippen molar-refractivity contribution in [3.8, 4) is 5.75 Å². The molecule has 0 heterocycles. The van der Waals surface area contributed by atoms with E-state index in [1.807, 2.05) is 27.7 Å². The van der Waals surface area contributed by atoms with Crippen LogP contribution in [0.4, 0.5) is 4.39 Å². The second kappa shape index (κ2) is 8.46. The summed E-state index contributed by atoms with van der Waals surface area (Å²) in [4.78, 5) is 0. The Bertz CT molecular complexity index is 460. The summed E-state index contributed by atoms with van der Waals surface area (Å²) in [7, 11) is 0. The quantitative estimate of drug-likeness (QED) is 0.690. The Kier molecular flexibility index (Phi) is 7.26. The van der Waals surface area contributed by atoms with E-state index in [0.29, 0.717) is 24.3 Å². The summed E-state index contributed by atoms with van der Waals surface area (Å²) in [5, 5.41) is 23.2. The van der Waals surface area contributed by atoms with Crippen LogP contribution in [0.5, 0.6) is 5.75 Å². The van der Waals surface area contributed by atoms with Crippen LogP contribution in [0.25, 0.3) is 0 Å². The molecule has 0 aromatic heterocycles. The number of β-amino-alcohol motifs (C(OH)–C–C–N with tert-alkyl or cyclic N) is 1. The first-order chi connectivity index (χ1) is 10.2. The van der Waals surface area contributed by atoms with E-state index in [4.69, 9.17) is 4.74 Å². The number of hydrogen-bond donors (Lipinski definition) is 3. The van der Waals surface area contributed by atoms with Gasteiger partial charge in [0.05, 0.1) is 6.10 Å². The van der Waals surface area contributed by atoms with E-state index in [0.717, 1.165) is 6.42 Å². The van der Waals surface area contributed by atoms with Crippen LogP contribution < -0.4 is 10.1 Å². The van der Waals surface area contributed by atoms with Gasteiger partial charge in [-0.3, -0.25) is 0 Å². The maximum atomic E-state index is 13.4. The average Bonchev–Trinajstić information content (AvgIpc) is 2.43. The second-order valence-corrected chi connectivity index (χ2v) is 6.58. The zero-order chi connectivity index (χ0) is 16.8. The van der Waals surface area contributed by atoms with E-state index in [9.17, 15) is 14.6 Å². The number of aliphatic hydroxyl groups excluding tert-OH is 2. The van der Waals surface area contributed by atoms with Crippen molar-refractivity contribution in [2.45, 2.75) is 58.3 Å². The molecule has 0 spiro atoms. The molecule has 0 fully saturated rings. The van der Waals surface area contributed by atoms with E-state index in [-0.39, 0.29) is 12.1 Å². The van der Waals surface area contributed by atoms with Crippen LogP contribution in [0.2, 0.25) is 0 Å². The molecule has 0 aliphatic rings. The lowest BCUT2D eigenvalue weighted by Gasteiger charge is -2.23. The minimum atomic E-state index is -0.763. The molecule has 0 radical (unpaired) electrons. The van der Waals surface area contributed by atoms with Crippen molar-refractivity contribution in [2.24, 2.45) is 0 Å². The maximum absolute atomic E-state index is 13.4. The largest absolute Gasteiger partial charge is 0.490 e. The van der Waals surface area contributed by atoms with Gasteiger partial charge < -0.3 is 20.3 Å². The Morgan fingerprint density at radius 1 is 1.27 bits per heavy atom. The molecule has 22 heavy (non-hydrogen) atoms. The molecule has 4 nitrogen and oxygen atoms in total. The van der Waals surface area contributed by atoms with Gasteiger partial charge in [0.15, 0.2) is 0 Å². The van der Waals surface area contributed by atoms with Crippen molar-refractivity contribution < 1.29 is 19.3 Å². The van der Waals surface area contributed by atoms with Gasteiger partial charge >= 0.3 is 0 Å². The number of rotatable bonds is 8. The van der Waals surface area contributed by atoms with Gasteiger partial charge in [0, 0.05) is 17.6 Å². The summed E-state index contributed by atoms with van der Waals surface area (Å²) in [6, 6.07) is 4.07. The Hall–Kier alpha value is -1.17. The molecule has 0 amide bonds. The molecule has 0 aliphatic carbocycles. The normalized spacial score (nSPS) is 14.7. The number of ether oxygens (including phenoxy) is 1. The van der Waals surface area contributed by atoms with Gasteiger partial charge in [-0.2, -0.15) is 0 Å². The highest BCUT2D eigenvalue weighted by atomic mass is 19.1. The van der Waals surface area contributed by atoms with Crippen molar-refractivity contribution in [3.05, 3.63) is 29.6 Å². The number of benzene rings is 1. The van der Waals surface area contributed by atoms with Gasteiger partial charge in [0.25, 0.3) is 0 Å². The molecule has 126 valence electrons. The highest BCUT2D eigenvalue weighted by Gasteiger charge is 2.16. The first-order valence-electron chi connectivity index (χ1n) is 7.76. The first kappa shape index (κ1) is 18.9. The minimum absolute atomic E-state index is 0.0839. The van der Waals surface area contributed by atoms with E-state index in [2.05, 4.69) is 5.32 Å². The van der Waals surface area contributed by atoms with Crippen LogP contribution in [0, 0.1) is 5.82 Å². The predicted octanol–water partition coefficient (Wildman–Crippen LogP) is 2.79. The van der Waals surface area contributed by atoms with Crippen LogP contribution in [0.3, 0.4) is 0 Å². The molecule has 0 bridgehead atoms. The van der Waals surface area contributed by atoms with Gasteiger partial charge in [-0.15, -0.1) is 0 Å². The Balaban J connectivity index is 2.65. The summed E-state index contributed by atoms with van der Waals surface area (Å²) < 4.78 is 18.9. The van der Waals surface area contributed by atoms with Gasteiger partial charge in [0.2, 0.25) is 0 Å². The van der Waals surface area contributed by atoms with Crippen LogP contribution in [0.15, 0.2) is 18.2 Å². The molecule has 0 saturated heterocycles. The number of nitrogens with one attached hydrogen (secondary N) is 1. The fourth-order valence-electron chi connectivity index (χ4n) is 2.01. The lowest BCUT2D eigenvalue weighted by Crippen LogP contribution is -2.42. The fraction of sp³-hybridized carbons (Fsp3) is 0.647. The zero-order valence-electron chi connectivity index (χ0n) is 13.9. The molecule has 2 atom stereocenters. The number of hydrogen-bond acceptors (Lipinski definition) is 4. The fourth-order valence-corrected chi connectivity index (χ4v) is 2.01. The Morgan fingerprint density at radius 2 is 1.95 bits per heavy atom. The van der Waals surface area contributed by atoms with Gasteiger partial charge in [-0.25, -0.2) is 4.39 Å². The summed E-state index contributed by atoms with van der Waals surface area (Å²) in [5.41, 5.74) is 0.345. The van der Waals surface area contributed by atoms with Gasteiger partial charge in [-0.1, -0.05) is 13.3 Å². The third kappa shape index (κ3) is 6.73. The van der Waals surface area contributed by atoms with Crippen molar-refractivity contribution in [3.63, 3.8) is 0 Å². The summed E-state index contributed by atoms with van der Waals surface area (Å²) in [6.45, 7) is 8.47. The van der Waals surface area contributed by atoms with Crippen LogP contribution in [-0.2, 0) is 0 Å². The first-order valence-corrected chi connectivity index (χ1v) is 7.76. The van der Waals surface area contributed by atoms with Gasteiger partial charge in [0.1, 0.15) is 24.3 Å². The highest BCUT2D eigenvalue weighted by Crippen LogP contribution is 2.29. The third-order valence-corrected chi connectivity index (χ3v) is 3.19. The molecule has 1 aromatic carbocycles. The number of halogens is 1. The monoisotopic (exact) mass is 313 g/mol. The van der Waals surface area contributed by atoms with E-state index < -0.39 is 18.0 Å². The Morgan fingerprint density at radius 3 is 2.55 bits per heavy atom. The number of aliphatic hydroxyl groups is 2. The molecule has 1 rings (SSSR count). The molecule has 5 heteroatoms. The minimum Gasteiger partial charge on any atom is -0.490 e. The molecule has 2 unspecified atom stereocenters. The molecular weight excluding hydrogens is 285 g/mol. The van der Waals surface area contributed by atoms with Crippen LogP contribution >= 0.6 is 0 Å². The van der Waals surface area contributed by atoms with E-state index in [1.54, 1.807) is 0 Å². The molecule has 1 aromatic rings. The summed E-state index contributed by atoms with van der Waals surface area (Å²) in [5.74, 6) is 0.00427. The Labute approximate surface area is 132 Å².